The number of carbonyl (C=O) groups excluding carboxylic acids is 1. The van der Waals surface area contributed by atoms with Crippen molar-refractivity contribution < 1.29 is 18.5 Å². The number of H-pyrrole nitrogens is 1. The number of nitrogens with one attached hydrogen (secondary N) is 1. The fourth-order valence-electron chi connectivity index (χ4n) is 7.12. The van der Waals surface area contributed by atoms with Gasteiger partial charge in [-0.1, -0.05) is 0 Å². The molecule has 4 fully saturated rings. The second-order valence-electron chi connectivity index (χ2n) is 10.8. The zero-order chi connectivity index (χ0) is 24.3. The molecule has 4 aliphatic rings. The van der Waals surface area contributed by atoms with Gasteiger partial charge in [-0.2, -0.15) is 0 Å². The number of rotatable bonds is 6. The predicted molar refractivity (Wildman–Crippen MR) is 133 cm³/mol. The Labute approximate surface area is 207 Å². The highest BCUT2D eigenvalue weighted by Crippen LogP contribution is 2.60. The van der Waals surface area contributed by atoms with Crippen LogP contribution in [0.25, 0.3) is 11.0 Å². The van der Waals surface area contributed by atoms with Crippen LogP contribution in [0.2, 0.25) is 0 Å². The van der Waals surface area contributed by atoms with Crippen LogP contribution < -0.4 is 9.47 Å². The van der Waals surface area contributed by atoms with E-state index < -0.39 is 10.8 Å². The van der Waals surface area contributed by atoms with Gasteiger partial charge in [0.15, 0.2) is 5.16 Å². The molecule has 0 radical (unpaired) electrons. The second kappa shape index (κ2) is 8.43. The van der Waals surface area contributed by atoms with Gasteiger partial charge >= 0.3 is 5.97 Å². The molecule has 4 saturated carbocycles. The molecule has 35 heavy (non-hydrogen) atoms. The van der Waals surface area contributed by atoms with Crippen LogP contribution in [-0.2, 0) is 21.3 Å². The Kier molecular flexibility index (Phi) is 5.47. The standard InChI is InChI=1S/C27H31N3O4S/c1-15-13-28-23(16(2)24(15)33-3)14-35(32)26-29-21-5-4-20(9-22(21)30-26)34-25(31)27-10-17-6-18(11-27)8-19(7-17)12-27/h4-5,9,13,17-19H,6-8,10-12,14H2,1-3H3,(H,29,30). The smallest absolute Gasteiger partial charge is 0.317 e. The summed E-state index contributed by atoms with van der Waals surface area (Å²) >= 11 is 0. The maximum absolute atomic E-state index is 13.3. The number of hydrogen-bond acceptors (Lipinski definition) is 6. The number of aromatic nitrogens is 3. The average Bonchev–Trinajstić information content (AvgIpc) is 3.24. The van der Waals surface area contributed by atoms with E-state index in [9.17, 15) is 9.00 Å². The first-order valence-electron chi connectivity index (χ1n) is 12.4. The maximum Gasteiger partial charge on any atom is 0.317 e. The Balaban J connectivity index is 1.20. The molecule has 2 heterocycles. The molecule has 7 rings (SSSR count). The largest absolute Gasteiger partial charge is 0.496 e. The summed E-state index contributed by atoms with van der Waals surface area (Å²) in [7, 11) is 0.216. The second-order valence-corrected chi connectivity index (χ2v) is 12.2. The molecule has 0 amide bonds. The third-order valence-electron chi connectivity index (χ3n) is 8.35. The summed E-state index contributed by atoms with van der Waals surface area (Å²) in [6, 6.07) is 5.39. The molecule has 184 valence electrons. The molecule has 1 atom stereocenters. The number of fused-ring (bicyclic) bond motifs is 1. The van der Waals surface area contributed by atoms with E-state index in [0.29, 0.717) is 39.7 Å². The van der Waals surface area contributed by atoms with Gasteiger partial charge in [0.05, 0.1) is 45.8 Å². The van der Waals surface area contributed by atoms with Gasteiger partial charge in [-0.3, -0.25) is 14.0 Å². The van der Waals surface area contributed by atoms with Crippen molar-refractivity contribution in [2.24, 2.45) is 23.2 Å². The van der Waals surface area contributed by atoms with Crippen molar-refractivity contribution in [2.45, 2.75) is 63.3 Å². The first-order chi connectivity index (χ1) is 16.8. The molecule has 0 aliphatic heterocycles. The van der Waals surface area contributed by atoms with Crippen molar-refractivity contribution in [3.8, 4) is 11.5 Å². The van der Waals surface area contributed by atoms with Crippen LogP contribution in [0.3, 0.4) is 0 Å². The van der Waals surface area contributed by atoms with Gasteiger partial charge < -0.3 is 14.5 Å². The number of methoxy groups -OCH3 is 1. The Bertz CT molecular complexity index is 1310. The SMILES string of the molecule is COc1c(C)cnc(CS(=O)c2nc3ccc(OC(=O)C45CC6CC(CC(C6)C4)C5)cc3[nH]2)c1C. The molecular formula is C27H31N3O4S. The number of esters is 1. The molecular weight excluding hydrogens is 462 g/mol. The number of hydrogen-bond donors (Lipinski definition) is 1. The first kappa shape index (κ1) is 22.7. The van der Waals surface area contributed by atoms with Crippen LogP contribution in [0.15, 0.2) is 29.6 Å². The van der Waals surface area contributed by atoms with Gasteiger partial charge in [0.25, 0.3) is 0 Å². The van der Waals surface area contributed by atoms with Gasteiger partial charge in [-0.05, 0) is 82.3 Å². The molecule has 1 unspecified atom stereocenters. The van der Waals surface area contributed by atoms with E-state index in [-0.39, 0.29) is 17.1 Å². The van der Waals surface area contributed by atoms with Crippen LogP contribution in [0.4, 0.5) is 0 Å². The Morgan fingerprint density at radius 2 is 1.83 bits per heavy atom. The van der Waals surface area contributed by atoms with Crippen LogP contribution in [0, 0.1) is 37.0 Å². The lowest BCUT2D eigenvalue weighted by atomic mass is 9.49. The van der Waals surface area contributed by atoms with Crippen molar-refractivity contribution in [3.63, 3.8) is 0 Å². The third kappa shape index (κ3) is 3.96. The fourth-order valence-corrected chi connectivity index (χ4v) is 8.22. The van der Waals surface area contributed by atoms with Gasteiger partial charge in [-0.15, -0.1) is 0 Å². The molecule has 1 N–H and O–H groups in total. The van der Waals surface area contributed by atoms with Crippen molar-refractivity contribution in [2.75, 3.05) is 7.11 Å². The number of carbonyl (C=O) groups is 1. The number of aryl methyl sites for hydroxylation is 1. The number of aromatic amines is 1. The van der Waals surface area contributed by atoms with E-state index >= 15 is 0 Å². The normalized spacial score (nSPS) is 27.8. The molecule has 8 heteroatoms. The topological polar surface area (TPSA) is 94.2 Å². The Morgan fingerprint density at radius 1 is 1.14 bits per heavy atom. The molecule has 0 spiro atoms. The highest BCUT2D eigenvalue weighted by Gasteiger charge is 2.55. The summed E-state index contributed by atoms with van der Waals surface area (Å²) in [5.74, 6) is 3.50. The quantitative estimate of drug-likeness (QED) is 0.383. The third-order valence-corrected chi connectivity index (χ3v) is 9.51. The summed E-state index contributed by atoms with van der Waals surface area (Å²) < 4.78 is 24.5. The monoisotopic (exact) mass is 493 g/mol. The first-order valence-corrected chi connectivity index (χ1v) is 13.7. The number of ether oxygens (including phenoxy) is 2. The number of nitrogens with zero attached hydrogens (tertiary/aromatic N) is 2. The highest BCUT2D eigenvalue weighted by molar-refractivity contribution is 7.84. The lowest BCUT2D eigenvalue weighted by Crippen LogP contribution is -2.51. The van der Waals surface area contributed by atoms with E-state index in [1.165, 1.54) is 19.3 Å². The molecule has 3 aromatic rings. The zero-order valence-electron chi connectivity index (χ0n) is 20.4. The van der Waals surface area contributed by atoms with E-state index in [0.717, 1.165) is 41.8 Å². The van der Waals surface area contributed by atoms with Crippen LogP contribution >= 0.6 is 0 Å². The number of benzene rings is 1. The van der Waals surface area contributed by atoms with Crippen LogP contribution in [-0.4, -0.2) is 32.2 Å². The average molecular weight is 494 g/mol. The van der Waals surface area contributed by atoms with Crippen LogP contribution in [0.1, 0.15) is 55.3 Å². The summed E-state index contributed by atoms with van der Waals surface area (Å²) in [4.78, 5) is 25.5. The summed E-state index contributed by atoms with van der Waals surface area (Å²) in [5.41, 5.74) is 3.64. The molecule has 4 bridgehead atoms. The van der Waals surface area contributed by atoms with E-state index in [2.05, 4.69) is 15.0 Å². The molecule has 1 aromatic carbocycles. The summed E-state index contributed by atoms with van der Waals surface area (Å²) in [6.07, 6.45) is 8.53. The molecule has 2 aromatic heterocycles. The van der Waals surface area contributed by atoms with Crippen molar-refractivity contribution in [1.29, 1.82) is 0 Å². The minimum absolute atomic E-state index is 0.0749. The lowest BCUT2D eigenvalue weighted by molar-refractivity contribution is -0.161. The minimum Gasteiger partial charge on any atom is -0.496 e. The van der Waals surface area contributed by atoms with Gasteiger partial charge in [-0.25, -0.2) is 4.98 Å². The van der Waals surface area contributed by atoms with E-state index in [4.69, 9.17) is 9.47 Å². The number of imidazole rings is 1. The summed E-state index contributed by atoms with van der Waals surface area (Å²) in [6.45, 7) is 3.86. The zero-order valence-corrected chi connectivity index (χ0v) is 21.2. The van der Waals surface area contributed by atoms with Crippen molar-refractivity contribution >= 4 is 27.8 Å². The van der Waals surface area contributed by atoms with E-state index in [1.54, 1.807) is 25.4 Å². The predicted octanol–water partition coefficient (Wildman–Crippen LogP) is 5.01. The van der Waals surface area contributed by atoms with Gasteiger partial charge in [0.1, 0.15) is 11.5 Å². The lowest BCUT2D eigenvalue weighted by Gasteiger charge is -2.55. The molecule has 0 saturated heterocycles. The van der Waals surface area contributed by atoms with Crippen molar-refractivity contribution in [1.82, 2.24) is 15.0 Å². The Hall–Kier alpha value is -2.74. The fraction of sp³-hybridized carbons (Fsp3) is 0.519. The highest BCUT2D eigenvalue weighted by atomic mass is 32.2. The summed E-state index contributed by atoms with van der Waals surface area (Å²) in [5, 5.41) is 0.380. The van der Waals surface area contributed by atoms with Gasteiger partial charge in [0, 0.05) is 23.4 Å². The van der Waals surface area contributed by atoms with Gasteiger partial charge in [0.2, 0.25) is 0 Å². The number of pyridine rings is 1. The minimum atomic E-state index is -1.41. The maximum atomic E-state index is 13.3. The van der Waals surface area contributed by atoms with Crippen LogP contribution in [0.5, 0.6) is 11.5 Å². The Morgan fingerprint density at radius 3 is 2.49 bits per heavy atom. The molecule has 7 nitrogen and oxygen atoms in total. The molecule has 4 aliphatic carbocycles. The van der Waals surface area contributed by atoms with Crippen molar-refractivity contribution in [3.05, 3.63) is 41.2 Å². The van der Waals surface area contributed by atoms with E-state index in [1.807, 2.05) is 19.9 Å².